The molecule has 0 aliphatic rings. The molecule has 0 radical (unpaired) electrons. The summed E-state index contributed by atoms with van der Waals surface area (Å²) in [6.45, 7) is 1.56. The molecule has 0 unspecified atom stereocenters. The molecule has 0 spiro atoms. The van der Waals surface area contributed by atoms with E-state index in [2.05, 4.69) is 5.10 Å². The maximum Gasteiger partial charge on any atom is 0.342 e. The van der Waals surface area contributed by atoms with Crippen molar-refractivity contribution in [1.29, 1.82) is 0 Å². The second-order valence-corrected chi connectivity index (χ2v) is 6.32. The van der Waals surface area contributed by atoms with Gasteiger partial charge in [0.05, 0.1) is 5.69 Å². The van der Waals surface area contributed by atoms with Crippen LogP contribution in [-0.2, 0) is 9.53 Å². The molecule has 0 bridgehead atoms. The number of likely N-dealkylation sites (N-methyl/N-ethyl adjacent to an activating group) is 1. The zero-order chi connectivity index (χ0) is 19.4. The number of para-hydroxylation sites is 1. The Hall–Kier alpha value is -3.41. The van der Waals surface area contributed by atoms with Crippen molar-refractivity contribution in [3.8, 4) is 16.9 Å². The predicted octanol–water partition coefficient (Wildman–Crippen LogP) is 3.17. The number of rotatable bonds is 5. The Bertz CT molecular complexity index is 934. The number of ether oxygens (including phenoxy) is 1. The molecule has 0 saturated heterocycles. The Labute approximate surface area is 158 Å². The van der Waals surface area contributed by atoms with Gasteiger partial charge >= 0.3 is 5.97 Å². The van der Waals surface area contributed by atoms with Gasteiger partial charge in [-0.05, 0) is 19.1 Å². The van der Waals surface area contributed by atoms with Crippen molar-refractivity contribution < 1.29 is 14.3 Å². The summed E-state index contributed by atoms with van der Waals surface area (Å²) in [5.74, 6) is -0.862. The summed E-state index contributed by atoms with van der Waals surface area (Å²) in [5, 5.41) is 4.58. The Morgan fingerprint density at radius 3 is 2.19 bits per heavy atom. The van der Waals surface area contributed by atoms with Gasteiger partial charge in [-0.1, -0.05) is 48.5 Å². The number of nitrogens with zero attached hydrogens (tertiary/aromatic N) is 3. The van der Waals surface area contributed by atoms with Crippen molar-refractivity contribution in [2.45, 2.75) is 13.0 Å². The van der Waals surface area contributed by atoms with Gasteiger partial charge in [0.25, 0.3) is 5.91 Å². The van der Waals surface area contributed by atoms with Gasteiger partial charge in [-0.25, -0.2) is 9.48 Å². The highest BCUT2D eigenvalue weighted by atomic mass is 16.5. The number of aromatic nitrogens is 2. The molecule has 1 amide bonds. The first kappa shape index (κ1) is 18.4. The number of hydrogen-bond acceptors (Lipinski definition) is 4. The lowest BCUT2D eigenvalue weighted by Gasteiger charge is -2.17. The third-order valence-electron chi connectivity index (χ3n) is 4.07. The summed E-state index contributed by atoms with van der Waals surface area (Å²) < 4.78 is 7.02. The number of hydrogen-bond donors (Lipinski definition) is 0. The van der Waals surface area contributed by atoms with Gasteiger partial charge in [0.2, 0.25) is 0 Å². The van der Waals surface area contributed by atoms with Crippen LogP contribution >= 0.6 is 0 Å². The van der Waals surface area contributed by atoms with E-state index < -0.39 is 12.1 Å². The molecule has 3 rings (SSSR count). The minimum atomic E-state index is -0.879. The molecule has 2 aromatic carbocycles. The van der Waals surface area contributed by atoms with Crippen LogP contribution in [0.2, 0.25) is 0 Å². The summed E-state index contributed by atoms with van der Waals surface area (Å²) >= 11 is 0. The lowest BCUT2D eigenvalue weighted by atomic mass is 10.1. The van der Waals surface area contributed by atoms with E-state index in [0.717, 1.165) is 11.3 Å². The highest BCUT2D eigenvalue weighted by molar-refractivity contribution is 5.97. The Morgan fingerprint density at radius 1 is 1.00 bits per heavy atom. The maximum absolute atomic E-state index is 12.8. The standard InChI is InChI=1S/C21H21N3O3/c1-15(20(25)23(2)3)27-21(26)18-14-24(17-12-8-5-9-13-17)22-19(18)16-10-6-4-7-11-16/h4-15H,1-3H3/t15-/m1/s1. The van der Waals surface area contributed by atoms with Gasteiger partial charge in [0.1, 0.15) is 11.3 Å². The minimum Gasteiger partial charge on any atom is -0.449 e. The molecule has 27 heavy (non-hydrogen) atoms. The minimum absolute atomic E-state index is 0.278. The molecule has 3 aromatic rings. The normalized spacial score (nSPS) is 11.7. The summed E-state index contributed by atoms with van der Waals surface area (Å²) in [6, 6.07) is 18.9. The van der Waals surface area contributed by atoms with E-state index in [1.807, 2.05) is 60.7 Å². The van der Waals surface area contributed by atoms with Gasteiger partial charge < -0.3 is 9.64 Å². The van der Waals surface area contributed by atoms with E-state index >= 15 is 0 Å². The number of carbonyl (C=O) groups excluding carboxylic acids is 2. The van der Waals surface area contributed by atoms with Crippen LogP contribution in [0, 0.1) is 0 Å². The SMILES string of the molecule is C[C@@H](OC(=O)c1cn(-c2ccccc2)nc1-c1ccccc1)C(=O)N(C)C. The van der Waals surface area contributed by atoms with E-state index in [1.54, 1.807) is 31.9 Å². The molecular weight excluding hydrogens is 342 g/mol. The van der Waals surface area contributed by atoms with Crippen molar-refractivity contribution >= 4 is 11.9 Å². The number of carbonyl (C=O) groups is 2. The lowest BCUT2D eigenvalue weighted by molar-refractivity contribution is -0.137. The van der Waals surface area contributed by atoms with Crippen LogP contribution < -0.4 is 0 Å². The fourth-order valence-corrected chi connectivity index (χ4v) is 2.68. The number of esters is 1. The molecule has 0 N–H and O–H groups in total. The first-order chi connectivity index (χ1) is 13.0. The number of benzene rings is 2. The average molecular weight is 363 g/mol. The van der Waals surface area contributed by atoms with Crippen LogP contribution in [0.1, 0.15) is 17.3 Å². The highest BCUT2D eigenvalue weighted by Crippen LogP contribution is 2.24. The Morgan fingerprint density at radius 2 is 1.59 bits per heavy atom. The third kappa shape index (κ3) is 4.06. The van der Waals surface area contributed by atoms with Crippen LogP contribution in [0.3, 0.4) is 0 Å². The van der Waals surface area contributed by atoms with Gasteiger partial charge in [-0.3, -0.25) is 4.79 Å². The molecule has 138 valence electrons. The van der Waals surface area contributed by atoms with Crippen molar-refractivity contribution in [3.63, 3.8) is 0 Å². The van der Waals surface area contributed by atoms with Gasteiger partial charge in [-0.15, -0.1) is 0 Å². The van der Waals surface area contributed by atoms with Gasteiger partial charge in [0, 0.05) is 25.9 Å². The quantitative estimate of drug-likeness (QED) is 0.653. The Balaban J connectivity index is 1.99. The zero-order valence-electron chi connectivity index (χ0n) is 15.5. The third-order valence-corrected chi connectivity index (χ3v) is 4.07. The Kier molecular flexibility index (Phi) is 5.35. The topological polar surface area (TPSA) is 64.4 Å². The van der Waals surface area contributed by atoms with Crippen molar-refractivity contribution in [2.24, 2.45) is 0 Å². The zero-order valence-corrected chi connectivity index (χ0v) is 15.5. The van der Waals surface area contributed by atoms with Crippen molar-refractivity contribution in [3.05, 3.63) is 72.4 Å². The summed E-state index contributed by atoms with van der Waals surface area (Å²) in [6.07, 6.45) is 0.753. The largest absolute Gasteiger partial charge is 0.449 e. The van der Waals surface area contributed by atoms with E-state index in [1.165, 1.54) is 4.90 Å². The first-order valence-electron chi connectivity index (χ1n) is 8.60. The predicted molar refractivity (Wildman–Crippen MR) is 103 cm³/mol. The molecule has 1 aromatic heterocycles. The van der Waals surface area contributed by atoms with E-state index in [-0.39, 0.29) is 5.91 Å². The molecule has 6 nitrogen and oxygen atoms in total. The van der Waals surface area contributed by atoms with Crippen LogP contribution in [0.15, 0.2) is 66.9 Å². The summed E-state index contributed by atoms with van der Waals surface area (Å²) in [4.78, 5) is 26.2. The second-order valence-electron chi connectivity index (χ2n) is 6.32. The molecule has 0 aliphatic heterocycles. The first-order valence-corrected chi connectivity index (χ1v) is 8.60. The second kappa shape index (κ2) is 7.86. The maximum atomic E-state index is 12.8. The molecule has 6 heteroatoms. The van der Waals surface area contributed by atoms with E-state index in [9.17, 15) is 9.59 Å². The van der Waals surface area contributed by atoms with Crippen molar-refractivity contribution in [2.75, 3.05) is 14.1 Å². The molecule has 1 atom stereocenters. The van der Waals surface area contributed by atoms with Crippen LogP contribution in [0.25, 0.3) is 16.9 Å². The molecule has 0 aliphatic carbocycles. The molecular formula is C21H21N3O3. The van der Waals surface area contributed by atoms with Gasteiger partial charge in [-0.2, -0.15) is 5.10 Å². The smallest absolute Gasteiger partial charge is 0.342 e. The lowest BCUT2D eigenvalue weighted by Crippen LogP contribution is -2.34. The summed E-state index contributed by atoms with van der Waals surface area (Å²) in [7, 11) is 3.24. The van der Waals surface area contributed by atoms with Crippen LogP contribution in [0.4, 0.5) is 0 Å². The van der Waals surface area contributed by atoms with Gasteiger partial charge in [0.15, 0.2) is 6.10 Å². The molecule has 0 saturated carbocycles. The molecule has 0 fully saturated rings. The van der Waals surface area contributed by atoms with E-state index in [0.29, 0.717) is 11.3 Å². The average Bonchev–Trinajstić information content (AvgIpc) is 3.14. The van der Waals surface area contributed by atoms with Crippen molar-refractivity contribution in [1.82, 2.24) is 14.7 Å². The fraction of sp³-hybridized carbons (Fsp3) is 0.190. The molecule has 1 heterocycles. The van der Waals surface area contributed by atoms with E-state index in [4.69, 9.17) is 4.74 Å². The monoisotopic (exact) mass is 363 g/mol. The fourth-order valence-electron chi connectivity index (χ4n) is 2.68. The van der Waals surface area contributed by atoms with Crippen LogP contribution in [-0.4, -0.2) is 46.8 Å². The summed E-state index contributed by atoms with van der Waals surface area (Å²) in [5.41, 5.74) is 2.44. The number of amides is 1. The highest BCUT2D eigenvalue weighted by Gasteiger charge is 2.25. The van der Waals surface area contributed by atoms with Crippen LogP contribution in [0.5, 0.6) is 0 Å².